The van der Waals surface area contributed by atoms with Gasteiger partial charge in [0.05, 0.1) is 0 Å². The van der Waals surface area contributed by atoms with Crippen LogP contribution in [0.3, 0.4) is 0 Å². The molecule has 1 aromatic carbocycles. The van der Waals surface area contributed by atoms with Gasteiger partial charge in [0.2, 0.25) is 0 Å². The van der Waals surface area contributed by atoms with E-state index in [0.29, 0.717) is 23.5 Å². The van der Waals surface area contributed by atoms with E-state index in [1.807, 2.05) is 0 Å². The summed E-state index contributed by atoms with van der Waals surface area (Å²) in [4.78, 5) is 12.3. The van der Waals surface area contributed by atoms with Crippen LogP contribution in [-0.2, 0) is 4.79 Å². The SMILES string of the molecule is CC1CC2C3CCC(=O)C3(C)CC[C@@H]2c2ccccc21. The summed E-state index contributed by atoms with van der Waals surface area (Å²) >= 11 is 0. The van der Waals surface area contributed by atoms with Gasteiger partial charge in [-0.3, -0.25) is 4.79 Å². The van der Waals surface area contributed by atoms with Crippen molar-refractivity contribution in [3.8, 4) is 0 Å². The molecule has 5 atom stereocenters. The van der Waals surface area contributed by atoms with Crippen molar-refractivity contribution >= 4 is 5.78 Å². The van der Waals surface area contributed by atoms with Gasteiger partial charge in [-0.15, -0.1) is 0 Å². The predicted octanol–water partition coefficient (Wildman–Crippen LogP) is 4.67. The first-order chi connectivity index (χ1) is 9.61. The van der Waals surface area contributed by atoms with E-state index in [1.165, 1.54) is 12.8 Å². The molecular weight excluding hydrogens is 244 g/mol. The third-order valence-corrected chi connectivity index (χ3v) is 6.70. The molecule has 4 rings (SSSR count). The first kappa shape index (κ1) is 12.6. The fourth-order valence-corrected chi connectivity index (χ4v) is 5.61. The molecule has 3 aliphatic rings. The number of hydrogen-bond acceptors (Lipinski definition) is 1. The number of carbonyl (C=O) groups is 1. The van der Waals surface area contributed by atoms with E-state index in [0.717, 1.165) is 25.2 Å². The monoisotopic (exact) mass is 268 g/mol. The average molecular weight is 268 g/mol. The normalized spacial score (nSPS) is 42.8. The molecule has 2 saturated carbocycles. The zero-order valence-electron chi connectivity index (χ0n) is 12.6. The predicted molar refractivity (Wildman–Crippen MR) is 80.8 cm³/mol. The Balaban J connectivity index is 1.77. The molecular formula is C19H24O. The van der Waals surface area contributed by atoms with E-state index >= 15 is 0 Å². The molecule has 0 saturated heterocycles. The summed E-state index contributed by atoms with van der Waals surface area (Å²) in [5.41, 5.74) is 3.17. The van der Waals surface area contributed by atoms with Crippen molar-refractivity contribution in [2.45, 2.75) is 57.8 Å². The van der Waals surface area contributed by atoms with E-state index < -0.39 is 0 Å². The van der Waals surface area contributed by atoms with Crippen LogP contribution in [0.4, 0.5) is 0 Å². The van der Waals surface area contributed by atoms with E-state index in [-0.39, 0.29) is 5.41 Å². The Bertz CT molecular complexity index is 561. The number of fused-ring (bicyclic) bond motifs is 5. The van der Waals surface area contributed by atoms with Gasteiger partial charge in [-0.05, 0) is 60.5 Å². The van der Waals surface area contributed by atoms with Crippen LogP contribution in [0.25, 0.3) is 0 Å². The smallest absolute Gasteiger partial charge is 0.139 e. The summed E-state index contributed by atoms with van der Waals surface area (Å²) in [5, 5.41) is 0. The number of benzene rings is 1. The largest absolute Gasteiger partial charge is 0.299 e. The van der Waals surface area contributed by atoms with Crippen LogP contribution in [-0.4, -0.2) is 5.78 Å². The Morgan fingerprint density at radius 2 is 1.90 bits per heavy atom. The zero-order valence-corrected chi connectivity index (χ0v) is 12.6. The van der Waals surface area contributed by atoms with Gasteiger partial charge in [-0.1, -0.05) is 38.1 Å². The van der Waals surface area contributed by atoms with E-state index in [1.54, 1.807) is 11.1 Å². The van der Waals surface area contributed by atoms with Crippen LogP contribution < -0.4 is 0 Å². The van der Waals surface area contributed by atoms with Crippen LogP contribution in [0, 0.1) is 17.3 Å². The minimum Gasteiger partial charge on any atom is -0.299 e. The molecule has 0 aromatic heterocycles. The Kier molecular flexibility index (Phi) is 2.64. The van der Waals surface area contributed by atoms with Crippen LogP contribution >= 0.6 is 0 Å². The van der Waals surface area contributed by atoms with Gasteiger partial charge in [0.1, 0.15) is 5.78 Å². The molecule has 4 unspecified atom stereocenters. The number of hydrogen-bond donors (Lipinski definition) is 0. The third kappa shape index (κ3) is 1.52. The van der Waals surface area contributed by atoms with Crippen LogP contribution in [0.1, 0.15) is 68.9 Å². The number of Topliss-reactive ketones (excluding diaryl/α,β-unsaturated/α-hetero) is 1. The molecule has 2 fully saturated rings. The average Bonchev–Trinajstić information content (AvgIpc) is 2.76. The van der Waals surface area contributed by atoms with Crippen molar-refractivity contribution in [3.05, 3.63) is 35.4 Å². The van der Waals surface area contributed by atoms with Crippen LogP contribution in [0.5, 0.6) is 0 Å². The topological polar surface area (TPSA) is 17.1 Å². The Morgan fingerprint density at radius 1 is 1.15 bits per heavy atom. The van der Waals surface area contributed by atoms with E-state index in [9.17, 15) is 4.79 Å². The fraction of sp³-hybridized carbons (Fsp3) is 0.632. The number of ketones is 1. The van der Waals surface area contributed by atoms with Gasteiger partial charge in [0.15, 0.2) is 0 Å². The first-order valence-electron chi connectivity index (χ1n) is 8.23. The van der Waals surface area contributed by atoms with Crippen LogP contribution in [0.15, 0.2) is 24.3 Å². The molecule has 0 bridgehead atoms. The summed E-state index contributed by atoms with van der Waals surface area (Å²) in [6.07, 6.45) is 5.59. The molecule has 0 amide bonds. The van der Waals surface area contributed by atoms with Crippen molar-refractivity contribution in [1.82, 2.24) is 0 Å². The second-order valence-corrected chi connectivity index (χ2v) is 7.56. The van der Waals surface area contributed by atoms with Crippen molar-refractivity contribution in [2.75, 3.05) is 0 Å². The second-order valence-electron chi connectivity index (χ2n) is 7.56. The van der Waals surface area contributed by atoms with Gasteiger partial charge in [0, 0.05) is 11.8 Å². The van der Waals surface area contributed by atoms with Crippen molar-refractivity contribution in [3.63, 3.8) is 0 Å². The molecule has 3 aliphatic carbocycles. The maximum absolute atomic E-state index is 12.3. The van der Waals surface area contributed by atoms with Gasteiger partial charge >= 0.3 is 0 Å². The summed E-state index contributed by atoms with van der Waals surface area (Å²) in [6.45, 7) is 4.63. The van der Waals surface area contributed by atoms with Crippen molar-refractivity contribution in [1.29, 1.82) is 0 Å². The lowest BCUT2D eigenvalue weighted by molar-refractivity contribution is -0.129. The lowest BCUT2D eigenvalue weighted by Gasteiger charge is -2.49. The maximum Gasteiger partial charge on any atom is 0.139 e. The van der Waals surface area contributed by atoms with Gasteiger partial charge in [-0.25, -0.2) is 0 Å². The van der Waals surface area contributed by atoms with E-state index in [4.69, 9.17) is 0 Å². The highest BCUT2D eigenvalue weighted by atomic mass is 16.1. The Morgan fingerprint density at radius 3 is 2.70 bits per heavy atom. The minimum atomic E-state index is 0.00711. The van der Waals surface area contributed by atoms with Crippen LogP contribution in [0.2, 0.25) is 0 Å². The van der Waals surface area contributed by atoms with Gasteiger partial charge < -0.3 is 0 Å². The number of rotatable bonds is 0. The van der Waals surface area contributed by atoms with Gasteiger partial charge in [0.25, 0.3) is 0 Å². The summed E-state index contributed by atoms with van der Waals surface area (Å²) < 4.78 is 0. The number of carbonyl (C=O) groups excluding carboxylic acids is 1. The third-order valence-electron chi connectivity index (χ3n) is 6.70. The first-order valence-corrected chi connectivity index (χ1v) is 8.23. The highest BCUT2D eigenvalue weighted by molar-refractivity contribution is 5.87. The molecule has 0 aliphatic heterocycles. The minimum absolute atomic E-state index is 0.00711. The molecule has 106 valence electrons. The standard InChI is InChI=1S/C19H24O/c1-12-11-16-15(14-6-4-3-5-13(12)14)9-10-19(2)17(16)7-8-18(19)20/h3-6,12,15-17H,7-11H2,1-2H3/t12?,15-,16?,17?,19?/m1/s1. The zero-order chi connectivity index (χ0) is 13.9. The molecule has 0 N–H and O–H groups in total. The Hall–Kier alpha value is -1.11. The molecule has 0 spiro atoms. The molecule has 1 aromatic rings. The maximum atomic E-state index is 12.3. The quantitative estimate of drug-likeness (QED) is 0.668. The molecule has 1 heteroatoms. The molecule has 20 heavy (non-hydrogen) atoms. The summed E-state index contributed by atoms with van der Waals surface area (Å²) in [6, 6.07) is 9.05. The van der Waals surface area contributed by atoms with Crippen molar-refractivity contribution in [2.24, 2.45) is 17.3 Å². The highest BCUT2D eigenvalue weighted by Gasteiger charge is 2.55. The lowest BCUT2D eigenvalue weighted by Crippen LogP contribution is -2.42. The summed E-state index contributed by atoms with van der Waals surface area (Å²) in [5.74, 6) is 3.30. The second kappa shape index (κ2) is 4.19. The molecule has 0 radical (unpaired) electrons. The summed E-state index contributed by atoms with van der Waals surface area (Å²) in [7, 11) is 0. The fourth-order valence-electron chi connectivity index (χ4n) is 5.61. The Labute approximate surface area is 121 Å². The molecule has 1 nitrogen and oxygen atoms in total. The highest BCUT2D eigenvalue weighted by Crippen LogP contribution is 2.60. The van der Waals surface area contributed by atoms with Gasteiger partial charge in [-0.2, -0.15) is 0 Å². The van der Waals surface area contributed by atoms with E-state index in [2.05, 4.69) is 38.1 Å². The lowest BCUT2D eigenvalue weighted by atomic mass is 9.54. The van der Waals surface area contributed by atoms with Crippen molar-refractivity contribution < 1.29 is 4.79 Å². The molecule has 0 heterocycles.